The third-order valence-electron chi connectivity index (χ3n) is 5.61. The van der Waals surface area contributed by atoms with Gasteiger partial charge in [-0.2, -0.15) is 0 Å². The minimum atomic E-state index is -1.19. The number of aliphatic hydroxyl groups is 1. The fourth-order valence-electron chi connectivity index (χ4n) is 3.77. The normalized spacial score (nSPS) is 20.2. The van der Waals surface area contributed by atoms with Gasteiger partial charge in [0.05, 0.1) is 0 Å². The van der Waals surface area contributed by atoms with Crippen LogP contribution < -0.4 is 0 Å². The Morgan fingerprint density at radius 2 is 1.43 bits per heavy atom. The second-order valence-corrected chi connectivity index (χ2v) is 8.16. The largest absolute Gasteiger partial charge is 0.385 e. The minimum Gasteiger partial charge on any atom is -0.385 e. The van der Waals surface area contributed by atoms with Gasteiger partial charge in [0.2, 0.25) is 0 Å². The molecule has 160 valence electrons. The Hall–Kier alpha value is -1.29. The van der Waals surface area contributed by atoms with Crippen LogP contribution in [-0.2, 0) is 14.4 Å². The molecule has 2 atom stereocenters. The van der Waals surface area contributed by atoms with Gasteiger partial charge in [-0.3, -0.25) is 14.4 Å². The lowest BCUT2D eigenvalue weighted by Crippen LogP contribution is -2.43. The van der Waals surface area contributed by atoms with E-state index in [4.69, 9.17) is 0 Å². The number of ketones is 3. The van der Waals surface area contributed by atoms with Gasteiger partial charge < -0.3 is 5.11 Å². The van der Waals surface area contributed by atoms with Crippen LogP contribution in [-0.4, -0.2) is 28.6 Å². The smallest absolute Gasteiger partial charge is 0.179 e. The van der Waals surface area contributed by atoms with Gasteiger partial charge in [-0.25, -0.2) is 0 Å². The molecule has 0 spiro atoms. The van der Waals surface area contributed by atoms with E-state index in [1.807, 2.05) is 0 Å². The van der Waals surface area contributed by atoms with Crippen LogP contribution in [0, 0.1) is 5.92 Å². The van der Waals surface area contributed by atoms with Crippen LogP contribution in [0.4, 0.5) is 0 Å². The van der Waals surface area contributed by atoms with Crippen molar-refractivity contribution in [3.8, 4) is 0 Å². The fourth-order valence-corrected chi connectivity index (χ4v) is 3.77. The number of carbonyl (C=O) groups excluding carboxylic acids is 3. The van der Waals surface area contributed by atoms with Gasteiger partial charge in [0.1, 0.15) is 12.0 Å². The zero-order valence-electron chi connectivity index (χ0n) is 17.8. The van der Waals surface area contributed by atoms with Crippen molar-refractivity contribution in [2.45, 2.75) is 116 Å². The summed E-state index contributed by atoms with van der Waals surface area (Å²) in [5.74, 6) is -2.39. The summed E-state index contributed by atoms with van der Waals surface area (Å²) >= 11 is 0. The second kappa shape index (κ2) is 15.6. The average Bonchev–Trinajstić information content (AvgIpc) is 2.68. The molecule has 0 saturated heterocycles. The summed E-state index contributed by atoms with van der Waals surface area (Å²) in [5, 5.41) is 9.56. The number of rotatable bonds is 16. The lowest BCUT2D eigenvalue weighted by atomic mass is 9.81. The fraction of sp³-hybridized carbons (Fsp3) is 0.792. The molecule has 1 aliphatic rings. The van der Waals surface area contributed by atoms with Crippen LogP contribution in [0.2, 0.25) is 0 Å². The molecule has 0 amide bonds. The predicted molar refractivity (Wildman–Crippen MR) is 113 cm³/mol. The Balaban J connectivity index is 1.96. The van der Waals surface area contributed by atoms with Gasteiger partial charge in [0.25, 0.3) is 0 Å². The number of Topliss-reactive ketones (excluding diaryl/α,β-unsaturated/α-hetero) is 3. The highest BCUT2D eigenvalue weighted by atomic mass is 16.3. The van der Waals surface area contributed by atoms with Crippen molar-refractivity contribution in [3.63, 3.8) is 0 Å². The van der Waals surface area contributed by atoms with E-state index in [0.717, 1.165) is 32.1 Å². The Kier molecular flexibility index (Phi) is 13.8. The highest BCUT2D eigenvalue weighted by molar-refractivity contribution is 6.21. The number of hydrogen-bond acceptors (Lipinski definition) is 4. The van der Waals surface area contributed by atoms with Crippen LogP contribution in [0.1, 0.15) is 110 Å². The molecule has 0 aromatic heterocycles. The highest BCUT2D eigenvalue weighted by Crippen LogP contribution is 2.21. The molecular formula is C24H40O4. The van der Waals surface area contributed by atoms with Crippen LogP contribution >= 0.6 is 0 Å². The summed E-state index contributed by atoms with van der Waals surface area (Å²) in [7, 11) is 0. The van der Waals surface area contributed by atoms with Crippen molar-refractivity contribution in [1.82, 2.24) is 0 Å². The molecule has 0 aliphatic heterocycles. The van der Waals surface area contributed by atoms with Gasteiger partial charge in [0, 0.05) is 12.8 Å². The van der Waals surface area contributed by atoms with Crippen molar-refractivity contribution in [2.75, 3.05) is 0 Å². The van der Waals surface area contributed by atoms with Crippen molar-refractivity contribution in [2.24, 2.45) is 5.92 Å². The lowest BCUT2D eigenvalue weighted by Gasteiger charge is -2.22. The Morgan fingerprint density at radius 1 is 0.893 bits per heavy atom. The number of aliphatic hydroxyl groups excluding tert-OH is 1. The van der Waals surface area contributed by atoms with Gasteiger partial charge in [-0.1, -0.05) is 70.4 Å². The molecule has 1 rings (SSSR count). The molecule has 1 fully saturated rings. The third kappa shape index (κ3) is 10.3. The van der Waals surface area contributed by atoms with Crippen molar-refractivity contribution < 1.29 is 19.5 Å². The summed E-state index contributed by atoms with van der Waals surface area (Å²) in [6.07, 6.45) is 19.5. The standard InChI is InChI=1S/C24H40O4/c1-2-3-4-5-6-7-8-9-10-11-12-13-14-15-16-17-20(25)23-21(26)18-19-22(27)24(23)28/h9-10,22-23,27H,2-8,11-19H2,1H3/t22-,23+/m1/s1. The molecule has 0 aromatic carbocycles. The van der Waals surface area contributed by atoms with Crippen molar-refractivity contribution in [3.05, 3.63) is 12.2 Å². The monoisotopic (exact) mass is 392 g/mol. The summed E-state index contributed by atoms with van der Waals surface area (Å²) in [6, 6.07) is 0. The van der Waals surface area contributed by atoms with Gasteiger partial charge in [-0.15, -0.1) is 0 Å². The quantitative estimate of drug-likeness (QED) is 0.214. The van der Waals surface area contributed by atoms with Crippen LogP contribution in [0.15, 0.2) is 12.2 Å². The highest BCUT2D eigenvalue weighted by Gasteiger charge is 2.40. The maximum Gasteiger partial charge on any atom is 0.179 e. The first-order chi connectivity index (χ1) is 13.6. The van der Waals surface area contributed by atoms with E-state index in [1.54, 1.807) is 0 Å². The average molecular weight is 393 g/mol. The van der Waals surface area contributed by atoms with Gasteiger partial charge in [0.15, 0.2) is 17.3 Å². The first-order valence-corrected chi connectivity index (χ1v) is 11.5. The maximum absolute atomic E-state index is 12.1. The number of hydrogen-bond donors (Lipinski definition) is 1. The van der Waals surface area contributed by atoms with Crippen LogP contribution in [0.25, 0.3) is 0 Å². The Morgan fingerprint density at radius 3 is 2.04 bits per heavy atom. The Bertz CT molecular complexity index is 495. The molecule has 0 bridgehead atoms. The van der Waals surface area contributed by atoms with Crippen molar-refractivity contribution in [1.29, 1.82) is 0 Å². The predicted octanol–water partition coefficient (Wildman–Crippen LogP) is 5.50. The molecule has 4 nitrogen and oxygen atoms in total. The zero-order chi connectivity index (χ0) is 20.6. The molecule has 0 heterocycles. The van der Waals surface area contributed by atoms with E-state index in [1.165, 1.54) is 51.4 Å². The summed E-state index contributed by atoms with van der Waals surface area (Å²) in [5.41, 5.74) is 0. The zero-order valence-corrected chi connectivity index (χ0v) is 17.8. The molecule has 1 N–H and O–H groups in total. The van der Waals surface area contributed by atoms with E-state index in [2.05, 4.69) is 19.1 Å². The molecule has 1 saturated carbocycles. The topological polar surface area (TPSA) is 71.4 Å². The lowest BCUT2D eigenvalue weighted by molar-refractivity contribution is -0.147. The third-order valence-corrected chi connectivity index (χ3v) is 5.61. The maximum atomic E-state index is 12.1. The van der Waals surface area contributed by atoms with Gasteiger partial charge >= 0.3 is 0 Å². The van der Waals surface area contributed by atoms with E-state index in [9.17, 15) is 19.5 Å². The van der Waals surface area contributed by atoms with E-state index in [-0.39, 0.29) is 30.8 Å². The SMILES string of the molecule is CCCCCCCCC=CCCCCCCCC(=O)[C@H]1C(=O)CC[C@@H](O)C1=O. The van der Waals surface area contributed by atoms with Crippen LogP contribution in [0.3, 0.4) is 0 Å². The van der Waals surface area contributed by atoms with E-state index >= 15 is 0 Å². The number of unbranched alkanes of at least 4 members (excludes halogenated alkanes) is 11. The molecule has 1 aliphatic carbocycles. The number of carbonyl (C=O) groups is 3. The molecule has 28 heavy (non-hydrogen) atoms. The molecule has 0 unspecified atom stereocenters. The second-order valence-electron chi connectivity index (χ2n) is 8.16. The van der Waals surface area contributed by atoms with Crippen molar-refractivity contribution >= 4 is 17.3 Å². The first kappa shape index (κ1) is 24.7. The summed E-state index contributed by atoms with van der Waals surface area (Å²) < 4.78 is 0. The molecular weight excluding hydrogens is 352 g/mol. The molecule has 0 radical (unpaired) electrons. The van der Waals surface area contributed by atoms with Crippen LogP contribution in [0.5, 0.6) is 0 Å². The molecule has 4 heteroatoms. The summed E-state index contributed by atoms with van der Waals surface area (Å²) in [4.78, 5) is 35.8. The van der Waals surface area contributed by atoms with E-state index in [0.29, 0.717) is 0 Å². The number of allylic oxidation sites excluding steroid dienone is 2. The first-order valence-electron chi connectivity index (χ1n) is 11.5. The summed E-state index contributed by atoms with van der Waals surface area (Å²) in [6.45, 7) is 2.25. The van der Waals surface area contributed by atoms with Gasteiger partial charge in [-0.05, 0) is 38.5 Å². The Labute approximate surface area is 171 Å². The van der Waals surface area contributed by atoms with E-state index < -0.39 is 17.8 Å². The minimum absolute atomic E-state index is 0.135. The molecule has 0 aromatic rings.